The van der Waals surface area contributed by atoms with Gasteiger partial charge in [-0.15, -0.1) is 26.3 Å². The van der Waals surface area contributed by atoms with Crippen LogP contribution >= 0.6 is 0 Å². The number of allylic oxidation sites excluding steroid dienone is 3. The summed E-state index contributed by atoms with van der Waals surface area (Å²) in [6.45, 7) is 28.3. The number of esters is 4. The fraction of sp³-hybridized carbons (Fsp3) is 0.559. The summed E-state index contributed by atoms with van der Waals surface area (Å²) in [7, 11) is 2.95. The van der Waals surface area contributed by atoms with E-state index in [2.05, 4.69) is 26.3 Å². The minimum absolute atomic E-state index is 0.0162. The molecule has 4 fully saturated rings. The predicted octanol–water partition coefficient (Wildman–Crippen LogP) is 6.24. The van der Waals surface area contributed by atoms with E-state index in [4.69, 9.17) is 28.4 Å². The average molecular weight is 1070 g/mol. The van der Waals surface area contributed by atoms with Crippen molar-refractivity contribution in [3.8, 4) is 0 Å². The van der Waals surface area contributed by atoms with Gasteiger partial charge in [0, 0.05) is 99.3 Å². The second-order valence-electron chi connectivity index (χ2n) is 22.3. The summed E-state index contributed by atoms with van der Waals surface area (Å²) in [6, 6.07) is 0. The van der Waals surface area contributed by atoms with Crippen molar-refractivity contribution in [2.45, 2.75) is 124 Å². The van der Waals surface area contributed by atoms with Crippen molar-refractivity contribution in [1.82, 2.24) is 9.80 Å². The Hall–Kier alpha value is -6.34. The van der Waals surface area contributed by atoms with Crippen LogP contribution in [0.3, 0.4) is 0 Å². The number of rotatable bonds is 16. The van der Waals surface area contributed by atoms with Gasteiger partial charge < -0.3 is 58.6 Å². The van der Waals surface area contributed by atoms with Crippen molar-refractivity contribution < 1.29 is 77.6 Å². The van der Waals surface area contributed by atoms with E-state index in [1.807, 2.05) is 18.7 Å². The lowest BCUT2D eigenvalue weighted by atomic mass is 9.53. The number of hydrogen-bond donors (Lipinski definition) is 4. The molecule has 12 atom stereocenters. The largest absolute Gasteiger partial charge is 0.504 e. The molecule has 2 heterocycles. The van der Waals surface area contributed by atoms with E-state index in [9.17, 15) is 49.2 Å². The quantitative estimate of drug-likeness (QED) is 0.0578. The zero-order valence-electron chi connectivity index (χ0n) is 45.9. The third-order valence-corrected chi connectivity index (χ3v) is 17.9. The molecule has 4 N–H and O–H groups in total. The molecular formula is C59H76N2O16. The first-order valence-corrected chi connectivity index (χ1v) is 26.3. The van der Waals surface area contributed by atoms with Crippen molar-refractivity contribution in [3.63, 3.8) is 0 Å². The smallest absolute Gasteiger partial charge is 0.340 e. The SMILES string of the molecule is C=CCN(/C=C1\C(=O)O[C@H](COC)[C@@]2(C)C1=C(O)C(=O)C1=C2[C@H](OC(C)=O)C[C@]2(C)C(O)CC[C@@H]12)CC=C.C=CCN(CC=C)/C(C)=C1/C(=O)O[C@H](COC)[C@@]2(C)C1=C(O)C(=O)C1=C2[C@H](OC(C)=O)C[C@]2(C)C(O)CC[C@@H]12. The summed E-state index contributed by atoms with van der Waals surface area (Å²) in [6.07, 6.45) is 5.87. The molecule has 18 heteroatoms. The van der Waals surface area contributed by atoms with Crippen LogP contribution in [-0.4, -0.2) is 156 Å². The van der Waals surface area contributed by atoms with Crippen LogP contribution in [0.1, 0.15) is 87.0 Å². The maximum absolute atomic E-state index is 14.1. The van der Waals surface area contributed by atoms with Crippen molar-refractivity contribution >= 4 is 35.4 Å². The molecule has 6 aliphatic carbocycles. The van der Waals surface area contributed by atoms with Gasteiger partial charge in [0.1, 0.15) is 24.4 Å². The molecule has 0 aromatic carbocycles. The monoisotopic (exact) mass is 1070 g/mol. The third kappa shape index (κ3) is 9.45. The lowest BCUT2D eigenvalue weighted by molar-refractivity contribution is -0.161. The topological polar surface area (TPSA) is 245 Å². The third-order valence-electron chi connectivity index (χ3n) is 17.9. The highest BCUT2D eigenvalue weighted by atomic mass is 16.6. The number of aliphatic hydroxyl groups is 4. The maximum atomic E-state index is 14.1. The fourth-order valence-corrected chi connectivity index (χ4v) is 14.2. The lowest BCUT2D eigenvalue weighted by Gasteiger charge is -2.54. The van der Waals surface area contributed by atoms with Gasteiger partial charge in [-0.25, -0.2) is 9.59 Å². The van der Waals surface area contributed by atoms with Gasteiger partial charge in [-0.1, -0.05) is 38.2 Å². The summed E-state index contributed by atoms with van der Waals surface area (Å²) in [4.78, 5) is 83.3. The molecule has 0 radical (unpaired) electrons. The molecule has 2 unspecified atom stereocenters. The Labute approximate surface area is 450 Å². The maximum Gasteiger partial charge on any atom is 0.340 e. The number of fused-ring (bicyclic) bond motifs is 8. The molecule has 2 aliphatic heterocycles. The van der Waals surface area contributed by atoms with Gasteiger partial charge in [0.15, 0.2) is 11.5 Å². The van der Waals surface area contributed by atoms with Crippen LogP contribution in [0, 0.1) is 33.5 Å². The number of carbonyl (C=O) groups excluding carboxylic acids is 6. The molecule has 418 valence electrons. The highest BCUT2D eigenvalue weighted by Gasteiger charge is 2.66. The van der Waals surface area contributed by atoms with Crippen molar-refractivity contribution in [3.05, 3.63) is 119 Å². The second-order valence-corrected chi connectivity index (χ2v) is 22.3. The van der Waals surface area contributed by atoms with E-state index in [0.29, 0.717) is 92.7 Å². The molecule has 0 amide bonds. The van der Waals surface area contributed by atoms with Crippen LogP contribution in [0.2, 0.25) is 0 Å². The summed E-state index contributed by atoms with van der Waals surface area (Å²) < 4.78 is 34.5. The molecule has 2 saturated heterocycles. The first-order chi connectivity index (χ1) is 36.3. The Kier molecular flexibility index (Phi) is 16.8. The fourth-order valence-electron chi connectivity index (χ4n) is 14.2. The summed E-state index contributed by atoms with van der Waals surface area (Å²) >= 11 is 0. The normalized spacial score (nSPS) is 35.2. The number of cyclic esters (lactones) is 2. The van der Waals surface area contributed by atoms with Crippen LogP contribution in [0.5, 0.6) is 0 Å². The summed E-state index contributed by atoms with van der Waals surface area (Å²) in [5, 5.41) is 45.1. The minimum Gasteiger partial charge on any atom is -0.504 e. The van der Waals surface area contributed by atoms with Crippen molar-refractivity contribution in [2.75, 3.05) is 53.6 Å². The van der Waals surface area contributed by atoms with E-state index in [1.165, 1.54) is 28.1 Å². The molecule has 8 rings (SSSR count). The van der Waals surface area contributed by atoms with Gasteiger partial charge in [0.05, 0.1) is 47.4 Å². The predicted molar refractivity (Wildman–Crippen MR) is 282 cm³/mol. The molecule has 0 aromatic rings. The van der Waals surface area contributed by atoms with E-state index in [0.717, 1.165) is 0 Å². The van der Waals surface area contributed by atoms with Crippen LogP contribution < -0.4 is 0 Å². The Balaban J connectivity index is 0.000000224. The number of aliphatic hydroxyl groups excluding tert-OH is 4. The van der Waals surface area contributed by atoms with Gasteiger partial charge in [-0.05, 0) is 82.3 Å². The van der Waals surface area contributed by atoms with E-state index in [-0.39, 0.29) is 47.3 Å². The average Bonchev–Trinajstić information content (AvgIpc) is 4.08. The lowest BCUT2D eigenvalue weighted by Crippen LogP contribution is -2.57. The molecule has 0 bridgehead atoms. The van der Waals surface area contributed by atoms with Crippen LogP contribution in [0.25, 0.3) is 0 Å². The molecule has 77 heavy (non-hydrogen) atoms. The molecule has 2 saturated carbocycles. The van der Waals surface area contributed by atoms with Crippen LogP contribution in [0.4, 0.5) is 0 Å². The van der Waals surface area contributed by atoms with E-state index < -0.39 is 105 Å². The van der Waals surface area contributed by atoms with E-state index >= 15 is 0 Å². The number of ketones is 2. The molecule has 0 aromatic heterocycles. The van der Waals surface area contributed by atoms with Crippen molar-refractivity contribution in [1.29, 1.82) is 0 Å². The summed E-state index contributed by atoms with van der Waals surface area (Å²) in [5.74, 6) is -5.51. The Bertz CT molecular complexity index is 2720. The Morgan fingerprint density at radius 2 is 1.04 bits per heavy atom. The van der Waals surface area contributed by atoms with Crippen molar-refractivity contribution in [2.24, 2.45) is 33.5 Å². The number of hydrogen-bond acceptors (Lipinski definition) is 18. The highest BCUT2D eigenvalue weighted by Crippen LogP contribution is 2.65. The molecule has 8 aliphatic rings. The van der Waals surface area contributed by atoms with Crippen LogP contribution in [-0.2, 0) is 57.2 Å². The Morgan fingerprint density at radius 1 is 0.636 bits per heavy atom. The van der Waals surface area contributed by atoms with Gasteiger partial charge >= 0.3 is 23.9 Å². The zero-order chi connectivity index (χ0) is 56.9. The Morgan fingerprint density at radius 3 is 1.44 bits per heavy atom. The number of carbonyl (C=O) groups is 6. The molecule has 0 spiro atoms. The van der Waals surface area contributed by atoms with Gasteiger partial charge in [-0.2, -0.15) is 0 Å². The highest BCUT2D eigenvalue weighted by molar-refractivity contribution is 6.14. The number of ether oxygens (including phenoxy) is 6. The number of Topliss-reactive ketones (excluding diaryl/α,β-unsaturated/α-hetero) is 2. The first-order valence-electron chi connectivity index (χ1n) is 26.3. The zero-order valence-corrected chi connectivity index (χ0v) is 45.9. The molecule has 18 nitrogen and oxygen atoms in total. The number of methoxy groups -OCH3 is 2. The van der Waals surface area contributed by atoms with Crippen LogP contribution in [0.15, 0.2) is 119 Å². The van der Waals surface area contributed by atoms with Gasteiger partial charge in [0.25, 0.3) is 0 Å². The van der Waals surface area contributed by atoms with Gasteiger partial charge in [0.2, 0.25) is 11.6 Å². The number of nitrogens with zero attached hydrogens (tertiary/aromatic N) is 2. The van der Waals surface area contributed by atoms with E-state index in [1.54, 1.807) is 56.2 Å². The van der Waals surface area contributed by atoms with Gasteiger partial charge in [-0.3, -0.25) is 19.2 Å². The standard InChI is InChI=1S/C30H39NO8.C29H37NO8/c1-8-12-31(13-9-2)16(3)22-25-27(35)26(34)23-18-10-11-20(33)29(18,5)14-19(38-17(4)32)24(23)30(25,6)21(15-37-7)39-28(22)36;1-7-11-30(12-8-2)14-17-23-26(34)25(33)22-18-9-10-20(32)28(18,4)13-19(37-16(3)31)24(22)29(23,5)21(15-36-6)38-27(17)35/h8-9,18-21,33,35H,1-2,10-15H2,3-7H3;7-8,14,18-21,32,34H,1-2,9-13,15H2,3-6H3/b22-16+;17-14-/t18-,19+,20?,21+,29-,30+;18-,19+,20?,21+,28-,29-/m00/s1. The summed E-state index contributed by atoms with van der Waals surface area (Å²) in [5.41, 5.74) is -1.43. The minimum atomic E-state index is -1.25. The second kappa shape index (κ2) is 22.2. The first kappa shape index (κ1) is 58.3. The molecular weight excluding hydrogens is 993 g/mol.